The van der Waals surface area contributed by atoms with Crippen molar-refractivity contribution >= 4 is 23.5 Å². The van der Waals surface area contributed by atoms with Crippen molar-refractivity contribution in [3.63, 3.8) is 0 Å². The topological polar surface area (TPSA) is 105 Å². The molecule has 1 saturated carbocycles. The van der Waals surface area contributed by atoms with E-state index in [1.165, 1.54) is 44.6 Å². The second-order valence-corrected chi connectivity index (χ2v) is 6.25. The first-order chi connectivity index (χ1) is 12.0. The molecule has 0 atom stereocenters. The number of ether oxygens (including phenoxy) is 1. The van der Waals surface area contributed by atoms with Crippen LogP contribution in [0, 0.1) is 5.92 Å². The van der Waals surface area contributed by atoms with E-state index in [0.717, 1.165) is 12.8 Å². The Balaban J connectivity index is 1.81. The summed E-state index contributed by atoms with van der Waals surface area (Å²) < 4.78 is 5.01. The SMILES string of the molecule is COc1cc(NC(=O)CNC(=O)CC2CCCCC2)ccc1C(=O)O. The Morgan fingerprint density at radius 3 is 2.52 bits per heavy atom. The van der Waals surface area contributed by atoms with E-state index >= 15 is 0 Å². The highest BCUT2D eigenvalue weighted by Crippen LogP contribution is 2.26. The average Bonchev–Trinajstić information content (AvgIpc) is 2.60. The van der Waals surface area contributed by atoms with E-state index in [-0.39, 0.29) is 29.7 Å². The number of anilines is 1. The Hall–Kier alpha value is -2.57. The van der Waals surface area contributed by atoms with Crippen LogP contribution in [0.4, 0.5) is 5.69 Å². The molecule has 0 heterocycles. The van der Waals surface area contributed by atoms with Gasteiger partial charge in [0.1, 0.15) is 11.3 Å². The molecule has 7 nitrogen and oxygen atoms in total. The van der Waals surface area contributed by atoms with Crippen LogP contribution in [0.3, 0.4) is 0 Å². The number of amides is 2. The van der Waals surface area contributed by atoms with Gasteiger partial charge in [0.2, 0.25) is 11.8 Å². The standard InChI is InChI=1S/C18H24N2O5/c1-25-15-10-13(7-8-14(15)18(23)24)20-17(22)11-19-16(21)9-12-5-3-2-4-6-12/h7-8,10,12H,2-6,9,11H2,1H3,(H,19,21)(H,20,22)(H,23,24). The Morgan fingerprint density at radius 2 is 1.88 bits per heavy atom. The van der Waals surface area contributed by atoms with Crippen molar-refractivity contribution in [2.24, 2.45) is 5.92 Å². The molecule has 0 aromatic heterocycles. The van der Waals surface area contributed by atoms with Crippen LogP contribution in [0.1, 0.15) is 48.9 Å². The largest absolute Gasteiger partial charge is 0.496 e. The lowest BCUT2D eigenvalue weighted by atomic mass is 9.87. The fourth-order valence-electron chi connectivity index (χ4n) is 3.06. The molecule has 1 aliphatic carbocycles. The number of hydrogen-bond acceptors (Lipinski definition) is 4. The molecule has 7 heteroatoms. The maximum atomic E-state index is 11.9. The minimum Gasteiger partial charge on any atom is -0.496 e. The Bertz CT molecular complexity index is 638. The van der Waals surface area contributed by atoms with Crippen LogP contribution in [0.5, 0.6) is 5.75 Å². The van der Waals surface area contributed by atoms with Gasteiger partial charge in [-0.25, -0.2) is 4.79 Å². The van der Waals surface area contributed by atoms with Gasteiger partial charge in [-0.05, 0) is 30.9 Å². The number of aromatic carboxylic acids is 1. The summed E-state index contributed by atoms with van der Waals surface area (Å²) in [6.07, 6.45) is 6.21. The highest BCUT2D eigenvalue weighted by atomic mass is 16.5. The van der Waals surface area contributed by atoms with E-state index in [9.17, 15) is 14.4 Å². The van der Waals surface area contributed by atoms with Crippen LogP contribution in [-0.2, 0) is 9.59 Å². The maximum absolute atomic E-state index is 11.9. The third-order valence-corrected chi connectivity index (χ3v) is 4.36. The van der Waals surface area contributed by atoms with Gasteiger partial charge in [-0.15, -0.1) is 0 Å². The lowest BCUT2D eigenvalue weighted by Crippen LogP contribution is -2.34. The molecule has 136 valence electrons. The molecule has 0 aliphatic heterocycles. The maximum Gasteiger partial charge on any atom is 0.339 e. The lowest BCUT2D eigenvalue weighted by Gasteiger charge is -2.20. The molecule has 0 unspecified atom stereocenters. The van der Waals surface area contributed by atoms with Gasteiger partial charge >= 0.3 is 5.97 Å². The Morgan fingerprint density at radius 1 is 1.16 bits per heavy atom. The molecule has 0 saturated heterocycles. The van der Waals surface area contributed by atoms with Crippen molar-refractivity contribution in [2.45, 2.75) is 38.5 Å². The zero-order chi connectivity index (χ0) is 18.2. The highest BCUT2D eigenvalue weighted by Gasteiger charge is 2.17. The van der Waals surface area contributed by atoms with E-state index < -0.39 is 5.97 Å². The van der Waals surface area contributed by atoms with Crippen molar-refractivity contribution in [2.75, 3.05) is 19.0 Å². The Labute approximate surface area is 146 Å². The summed E-state index contributed by atoms with van der Waals surface area (Å²) in [5.74, 6) is -1.01. The summed E-state index contributed by atoms with van der Waals surface area (Å²) in [7, 11) is 1.36. The number of benzene rings is 1. The number of hydrogen-bond donors (Lipinski definition) is 3. The number of nitrogens with one attached hydrogen (secondary N) is 2. The molecular formula is C18H24N2O5. The van der Waals surface area contributed by atoms with Crippen LogP contribution in [0.2, 0.25) is 0 Å². The third kappa shape index (κ3) is 5.77. The zero-order valence-electron chi connectivity index (χ0n) is 14.3. The van der Waals surface area contributed by atoms with E-state index in [1.54, 1.807) is 0 Å². The first-order valence-corrected chi connectivity index (χ1v) is 8.47. The predicted molar refractivity (Wildman–Crippen MR) is 92.8 cm³/mol. The van der Waals surface area contributed by atoms with Crippen molar-refractivity contribution in [3.05, 3.63) is 23.8 Å². The number of methoxy groups -OCH3 is 1. The van der Waals surface area contributed by atoms with E-state index in [1.807, 2.05) is 0 Å². The van der Waals surface area contributed by atoms with Crippen LogP contribution >= 0.6 is 0 Å². The van der Waals surface area contributed by atoms with Gasteiger partial charge in [-0.2, -0.15) is 0 Å². The number of carbonyl (C=O) groups is 3. The summed E-state index contributed by atoms with van der Waals surface area (Å²) in [6, 6.07) is 4.28. The highest BCUT2D eigenvalue weighted by molar-refractivity contribution is 5.96. The second-order valence-electron chi connectivity index (χ2n) is 6.25. The molecule has 2 amide bonds. The number of carboxylic acids is 1. The summed E-state index contributed by atoms with van der Waals surface area (Å²) in [5, 5.41) is 14.3. The van der Waals surface area contributed by atoms with Gasteiger partial charge in [-0.3, -0.25) is 9.59 Å². The first kappa shape index (κ1) is 18.8. The summed E-state index contributed by atoms with van der Waals surface area (Å²) in [4.78, 5) is 34.9. The quantitative estimate of drug-likeness (QED) is 0.702. The molecule has 1 aromatic rings. The van der Waals surface area contributed by atoms with Gasteiger partial charge < -0.3 is 20.5 Å². The summed E-state index contributed by atoms with van der Waals surface area (Å²) >= 11 is 0. The summed E-state index contributed by atoms with van der Waals surface area (Å²) in [5.41, 5.74) is 0.426. The molecule has 0 spiro atoms. The molecule has 1 aliphatic rings. The van der Waals surface area contributed by atoms with Gasteiger partial charge in [0.05, 0.1) is 13.7 Å². The molecule has 0 bridgehead atoms. The van der Waals surface area contributed by atoms with Gasteiger partial charge in [0, 0.05) is 18.2 Å². The minimum atomic E-state index is -1.11. The Kier molecular flexibility index (Phi) is 6.80. The lowest BCUT2D eigenvalue weighted by molar-refractivity contribution is -0.125. The van der Waals surface area contributed by atoms with Crippen LogP contribution in [0.15, 0.2) is 18.2 Å². The fraction of sp³-hybridized carbons (Fsp3) is 0.500. The number of rotatable bonds is 7. The van der Waals surface area contributed by atoms with Crippen molar-refractivity contribution in [3.8, 4) is 5.75 Å². The smallest absolute Gasteiger partial charge is 0.339 e. The van der Waals surface area contributed by atoms with Gasteiger partial charge in [0.25, 0.3) is 0 Å². The number of carboxylic acid groups (broad SMARTS) is 1. The molecule has 3 N–H and O–H groups in total. The van der Waals surface area contributed by atoms with Crippen molar-refractivity contribution in [1.29, 1.82) is 0 Å². The van der Waals surface area contributed by atoms with Gasteiger partial charge in [-0.1, -0.05) is 19.3 Å². The van der Waals surface area contributed by atoms with Crippen molar-refractivity contribution in [1.82, 2.24) is 5.32 Å². The monoisotopic (exact) mass is 348 g/mol. The molecular weight excluding hydrogens is 324 g/mol. The molecule has 1 aromatic carbocycles. The van der Waals surface area contributed by atoms with E-state index in [0.29, 0.717) is 18.0 Å². The normalized spacial score (nSPS) is 14.6. The molecule has 1 fully saturated rings. The summed E-state index contributed by atoms with van der Waals surface area (Å²) in [6.45, 7) is -0.117. The van der Waals surface area contributed by atoms with Gasteiger partial charge in [0.15, 0.2) is 0 Å². The predicted octanol–water partition coefficient (Wildman–Crippen LogP) is 2.42. The fourth-order valence-corrected chi connectivity index (χ4v) is 3.06. The van der Waals surface area contributed by atoms with Crippen LogP contribution in [0.25, 0.3) is 0 Å². The van der Waals surface area contributed by atoms with E-state index in [4.69, 9.17) is 9.84 Å². The van der Waals surface area contributed by atoms with Crippen LogP contribution in [-0.4, -0.2) is 36.5 Å². The molecule has 0 radical (unpaired) electrons. The second kappa shape index (κ2) is 9.05. The minimum absolute atomic E-state index is 0.0151. The molecule has 2 rings (SSSR count). The zero-order valence-corrected chi connectivity index (χ0v) is 14.3. The first-order valence-electron chi connectivity index (χ1n) is 8.47. The third-order valence-electron chi connectivity index (χ3n) is 4.36. The number of carbonyl (C=O) groups excluding carboxylic acids is 2. The van der Waals surface area contributed by atoms with Crippen LogP contribution < -0.4 is 15.4 Å². The van der Waals surface area contributed by atoms with Crippen molar-refractivity contribution < 1.29 is 24.2 Å². The molecule has 25 heavy (non-hydrogen) atoms. The average molecular weight is 348 g/mol. The van der Waals surface area contributed by atoms with E-state index in [2.05, 4.69) is 10.6 Å².